The number of hydrogen-bond acceptors (Lipinski definition) is 3. The van der Waals surface area contributed by atoms with Crippen LogP contribution in [0, 0.1) is 6.92 Å². The first-order valence-electron chi connectivity index (χ1n) is 8.41. The van der Waals surface area contributed by atoms with Crippen LogP contribution in [0.1, 0.15) is 37.5 Å². The van der Waals surface area contributed by atoms with Crippen LogP contribution in [-0.4, -0.2) is 34.0 Å². The van der Waals surface area contributed by atoms with Crippen molar-refractivity contribution in [2.45, 2.75) is 38.7 Å². The third-order valence-electron chi connectivity index (χ3n) is 4.49. The van der Waals surface area contributed by atoms with Crippen LogP contribution < -0.4 is 10.6 Å². The number of carbonyl (C=O) groups excluding carboxylic acids is 1. The number of aryl methyl sites for hydroxylation is 2. The molecule has 0 saturated heterocycles. The van der Waals surface area contributed by atoms with Crippen molar-refractivity contribution >= 4 is 6.03 Å². The number of amides is 2. The number of aromatic nitrogens is 2. The highest BCUT2D eigenvalue weighted by atomic mass is 16.3. The van der Waals surface area contributed by atoms with Crippen molar-refractivity contribution < 1.29 is 9.90 Å². The van der Waals surface area contributed by atoms with Gasteiger partial charge in [-0.1, -0.05) is 38.1 Å². The standard InChI is InChI=1S/C19H28N4O2/c1-14-8-6-7-9-16(14)18(2,3)12-20-17(24)21-13-19(4,25)15-10-22-23(5)11-15/h6-11,25H,12-13H2,1-5H3,(H2,20,21,24). The lowest BCUT2D eigenvalue weighted by Crippen LogP contribution is -2.46. The second-order valence-electron chi connectivity index (χ2n) is 7.41. The first-order chi connectivity index (χ1) is 11.6. The first kappa shape index (κ1) is 19.0. The number of benzene rings is 1. The maximum absolute atomic E-state index is 12.1. The minimum Gasteiger partial charge on any atom is -0.383 e. The summed E-state index contributed by atoms with van der Waals surface area (Å²) in [6.45, 7) is 8.53. The van der Waals surface area contributed by atoms with Crippen LogP contribution in [0.5, 0.6) is 0 Å². The summed E-state index contributed by atoms with van der Waals surface area (Å²) >= 11 is 0. The Labute approximate surface area is 149 Å². The molecule has 1 heterocycles. The Morgan fingerprint density at radius 1 is 1.20 bits per heavy atom. The Morgan fingerprint density at radius 2 is 1.84 bits per heavy atom. The van der Waals surface area contributed by atoms with E-state index in [2.05, 4.69) is 48.6 Å². The Bertz CT molecular complexity index is 735. The van der Waals surface area contributed by atoms with E-state index in [-0.39, 0.29) is 18.0 Å². The van der Waals surface area contributed by atoms with E-state index in [0.717, 1.165) is 0 Å². The summed E-state index contributed by atoms with van der Waals surface area (Å²) in [7, 11) is 1.79. The lowest BCUT2D eigenvalue weighted by molar-refractivity contribution is 0.0593. The number of hydrogen-bond donors (Lipinski definition) is 3. The van der Waals surface area contributed by atoms with E-state index in [0.29, 0.717) is 12.1 Å². The van der Waals surface area contributed by atoms with E-state index in [1.807, 2.05) is 12.1 Å². The van der Waals surface area contributed by atoms with E-state index in [4.69, 9.17) is 0 Å². The molecule has 0 spiro atoms. The maximum atomic E-state index is 12.1. The monoisotopic (exact) mass is 344 g/mol. The van der Waals surface area contributed by atoms with E-state index in [1.165, 1.54) is 11.1 Å². The predicted octanol–water partition coefficient (Wildman–Crippen LogP) is 2.21. The summed E-state index contributed by atoms with van der Waals surface area (Å²) in [5.74, 6) is 0. The van der Waals surface area contributed by atoms with Crippen LogP contribution >= 0.6 is 0 Å². The molecule has 0 aliphatic carbocycles. The van der Waals surface area contributed by atoms with Gasteiger partial charge in [0.1, 0.15) is 5.60 Å². The predicted molar refractivity (Wildman–Crippen MR) is 98.4 cm³/mol. The van der Waals surface area contributed by atoms with E-state index in [9.17, 15) is 9.90 Å². The Balaban J connectivity index is 1.89. The van der Waals surface area contributed by atoms with Crippen molar-refractivity contribution in [1.82, 2.24) is 20.4 Å². The second-order valence-corrected chi connectivity index (χ2v) is 7.41. The van der Waals surface area contributed by atoms with Crippen molar-refractivity contribution in [2.75, 3.05) is 13.1 Å². The summed E-state index contributed by atoms with van der Waals surface area (Å²) in [6.07, 6.45) is 3.34. The number of rotatable bonds is 6. The van der Waals surface area contributed by atoms with Crippen molar-refractivity contribution in [1.29, 1.82) is 0 Å². The summed E-state index contributed by atoms with van der Waals surface area (Å²) in [4.78, 5) is 12.1. The van der Waals surface area contributed by atoms with E-state index in [1.54, 1.807) is 31.0 Å². The van der Waals surface area contributed by atoms with Crippen LogP contribution in [0.15, 0.2) is 36.7 Å². The summed E-state index contributed by atoms with van der Waals surface area (Å²) in [5, 5.41) is 20.2. The van der Waals surface area contributed by atoms with Gasteiger partial charge in [0.25, 0.3) is 0 Å². The van der Waals surface area contributed by atoms with Gasteiger partial charge in [0.05, 0.1) is 12.7 Å². The molecule has 2 rings (SSSR count). The molecular formula is C19H28N4O2. The largest absolute Gasteiger partial charge is 0.383 e. The molecule has 0 bridgehead atoms. The molecule has 6 heteroatoms. The molecule has 25 heavy (non-hydrogen) atoms. The SMILES string of the molecule is Cc1ccccc1C(C)(C)CNC(=O)NCC(C)(O)c1cnn(C)c1. The average molecular weight is 344 g/mol. The van der Waals surface area contributed by atoms with Crippen molar-refractivity contribution in [3.63, 3.8) is 0 Å². The van der Waals surface area contributed by atoms with Gasteiger partial charge < -0.3 is 15.7 Å². The number of aliphatic hydroxyl groups is 1. The summed E-state index contributed by atoms with van der Waals surface area (Å²) in [5.41, 5.74) is 1.72. The fourth-order valence-corrected chi connectivity index (χ4v) is 2.85. The molecule has 1 unspecified atom stereocenters. The Morgan fingerprint density at radius 3 is 2.44 bits per heavy atom. The van der Waals surface area contributed by atoms with E-state index >= 15 is 0 Å². The molecule has 0 aliphatic heterocycles. The molecule has 0 fully saturated rings. The molecule has 1 aromatic heterocycles. The highest BCUT2D eigenvalue weighted by Crippen LogP contribution is 2.25. The molecule has 136 valence electrons. The third kappa shape index (κ3) is 4.82. The van der Waals surface area contributed by atoms with E-state index < -0.39 is 5.60 Å². The van der Waals surface area contributed by atoms with Gasteiger partial charge in [0.2, 0.25) is 0 Å². The zero-order valence-corrected chi connectivity index (χ0v) is 15.6. The normalized spacial score (nSPS) is 14.0. The van der Waals surface area contributed by atoms with Gasteiger partial charge in [-0.25, -0.2) is 4.79 Å². The van der Waals surface area contributed by atoms with Gasteiger partial charge in [0.15, 0.2) is 0 Å². The summed E-state index contributed by atoms with van der Waals surface area (Å²) < 4.78 is 1.62. The third-order valence-corrected chi connectivity index (χ3v) is 4.49. The fraction of sp³-hybridized carbons (Fsp3) is 0.474. The van der Waals surface area contributed by atoms with Gasteiger partial charge >= 0.3 is 6.03 Å². The lowest BCUT2D eigenvalue weighted by Gasteiger charge is -2.28. The molecule has 6 nitrogen and oxygen atoms in total. The number of nitrogens with one attached hydrogen (secondary N) is 2. The number of nitrogens with zero attached hydrogens (tertiary/aromatic N) is 2. The van der Waals surface area contributed by atoms with Gasteiger partial charge in [-0.2, -0.15) is 5.10 Å². The van der Waals surface area contributed by atoms with Crippen molar-refractivity contribution in [3.8, 4) is 0 Å². The molecule has 0 aliphatic rings. The Hall–Kier alpha value is -2.34. The number of urea groups is 1. The molecule has 3 N–H and O–H groups in total. The van der Waals surface area contributed by atoms with Crippen molar-refractivity contribution in [2.24, 2.45) is 7.05 Å². The van der Waals surface area contributed by atoms with Crippen LogP contribution in [0.25, 0.3) is 0 Å². The fourth-order valence-electron chi connectivity index (χ4n) is 2.85. The molecule has 0 saturated carbocycles. The Kier molecular flexibility index (Phi) is 5.52. The maximum Gasteiger partial charge on any atom is 0.314 e. The van der Waals surface area contributed by atoms with Gasteiger partial charge in [-0.3, -0.25) is 4.68 Å². The zero-order chi connectivity index (χ0) is 18.7. The summed E-state index contributed by atoms with van der Waals surface area (Å²) in [6, 6.07) is 7.88. The first-order valence-corrected chi connectivity index (χ1v) is 8.41. The second kappa shape index (κ2) is 7.27. The minimum atomic E-state index is -1.17. The molecule has 0 radical (unpaired) electrons. The van der Waals surface area contributed by atoms with Crippen molar-refractivity contribution in [3.05, 3.63) is 53.3 Å². The molecular weight excluding hydrogens is 316 g/mol. The highest BCUT2D eigenvalue weighted by molar-refractivity contribution is 5.74. The number of carbonyl (C=O) groups is 1. The average Bonchev–Trinajstić information content (AvgIpc) is 2.99. The van der Waals surface area contributed by atoms with Gasteiger partial charge in [0, 0.05) is 30.8 Å². The van der Waals surface area contributed by atoms with Crippen LogP contribution in [0.3, 0.4) is 0 Å². The lowest BCUT2D eigenvalue weighted by atomic mass is 9.82. The van der Waals surface area contributed by atoms with Crippen LogP contribution in [0.2, 0.25) is 0 Å². The quantitative estimate of drug-likeness (QED) is 0.752. The minimum absolute atomic E-state index is 0.106. The molecule has 2 aromatic rings. The van der Waals surface area contributed by atoms with Crippen LogP contribution in [-0.2, 0) is 18.1 Å². The topological polar surface area (TPSA) is 79.2 Å². The van der Waals surface area contributed by atoms with Gasteiger partial charge in [-0.05, 0) is 25.0 Å². The highest BCUT2D eigenvalue weighted by Gasteiger charge is 2.26. The van der Waals surface area contributed by atoms with Crippen LogP contribution in [0.4, 0.5) is 4.79 Å². The molecule has 1 atom stereocenters. The van der Waals surface area contributed by atoms with Gasteiger partial charge in [-0.15, -0.1) is 0 Å². The molecule has 1 aromatic carbocycles. The zero-order valence-electron chi connectivity index (χ0n) is 15.6. The smallest absolute Gasteiger partial charge is 0.314 e. The molecule has 2 amide bonds.